The zero-order valence-electron chi connectivity index (χ0n) is 4.88. The normalized spacial score (nSPS) is 64.0. The molecule has 0 radical (unpaired) electrons. The average molecular weight is 106 g/mol. The molecule has 3 aliphatic rings. The lowest BCUT2D eigenvalue weighted by molar-refractivity contribution is 0.587. The van der Waals surface area contributed by atoms with Crippen LogP contribution in [0.2, 0.25) is 0 Å². The van der Waals surface area contributed by atoms with Gasteiger partial charge in [0.15, 0.2) is 0 Å². The van der Waals surface area contributed by atoms with Gasteiger partial charge in [-0.25, -0.2) is 0 Å². The van der Waals surface area contributed by atoms with E-state index in [9.17, 15) is 0 Å². The highest BCUT2D eigenvalue weighted by molar-refractivity contribution is 5.24. The maximum absolute atomic E-state index is 2.45. The summed E-state index contributed by atoms with van der Waals surface area (Å²) >= 11 is 0. The van der Waals surface area contributed by atoms with Gasteiger partial charge in [0.1, 0.15) is 0 Å². The van der Waals surface area contributed by atoms with Crippen molar-refractivity contribution in [3.05, 3.63) is 12.2 Å². The van der Waals surface area contributed by atoms with Gasteiger partial charge in [0.25, 0.3) is 0 Å². The van der Waals surface area contributed by atoms with E-state index in [1.54, 1.807) is 0 Å². The lowest BCUT2D eigenvalue weighted by atomic mass is 10.1. The fraction of sp³-hybridized carbons (Fsp3) is 0.750. The van der Waals surface area contributed by atoms with Gasteiger partial charge in [0.2, 0.25) is 0 Å². The Labute approximate surface area is 49.6 Å². The minimum absolute atomic E-state index is 1.03. The van der Waals surface area contributed by atoms with Crippen molar-refractivity contribution in [3.63, 3.8) is 0 Å². The average Bonchev–Trinajstić information content (AvgIpc) is 2.11. The maximum atomic E-state index is 2.45. The molecule has 3 aliphatic carbocycles. The molecule has 0 aromatic rings. The summed E-state index contributed by atoms with van der Waals surface area (Å²) in [6, 6.07) is 0. The first-order valence-corrected chi connectivity index (χ1v) is 3.65. The second-order valence-electron chi connectivity index (χ2n) is 3.44. The van der Waals surface area contributed by atoms with Crippen LogP contribution in [0.5, 0.6) is 0 Å². The van der Waals surface area contributed by atoms with Crippen molar-refractivity contribution in [2.75, 3.05) is 0 Å². The van der Waals surface area contributed by atoms with Crippen molar-refractivity contribution < 1.29 is 0 Å². The molecule has 0 heterocycles. The second-order valence-corrected chi connectivity index (χ2v) is 3.44. The van der Waals surface area contributed by atoms with Crippen LogP contribution in [0.25, 0.3) is 0 Å². The number of fused-ring (bicyclic) bond motifs is 1. The van der Waals surface area contributed by atoms with Crippen LogP contribution in [0.3, 0.4) is 0 Å². The molecule has 42 valence electrons. The van der Waals surface area contributed by atoms with E-state index in [2.05, 4.69) is 12.2 Å². The Morgan fingerprint density at radius 3 is 2.75 bits per heavy atom. The lowest BCUT2D eigenvalue weighted by Crippen LogP contribution is -1.88. The van der Waals surface area contributed by atoms with E-state index in [1.165, 1.54) is 12.8 Å². The first-order chi connectivity index (χ1) is 3.97. The molecule has 4 unspecified atom stereocenters. The Morgan fingerprint density at radius 1 is 1.12 bits per heavy atom. The molecule has 0 spiro atoms. The van der Waals surface area contributed by atoms with E-state index in [-0.39, 0.29) is 0 Å². The van der Waals surface area contributed by atoms with Crippen LogP contribution in [0.1, 0.15) is 12.8 Å². The minimum atomic E-state index is 1.03. The molecule has 4 atom stereocenters. The Kier molecular flexibility index (Phi) is 0.415. The van der Waals surface area contributed by atoms with Gasteiger partial charge in [-0.3, -0.25) is 0 Å². The minimum Gasteiger partial charge on any atom is -0.0848 e. The Hall–Kier alpha value is -0.260. The van der Waals surface area contributed by atoms with Crippen LogP contribution >= 0.6 is 0 Å². The topological polar surface area (TPSA) is 0 Å². The van der Waals surface area contributed by atoms with Crippen molar-refractivity contribution in [2.45, 2.75) is 12.8 Å². The summed E-state index contributed by atoms with van der Waals surface area (Å²) in [5.41, 5.74) is 0. The molecule has 0 amide bonds. The van der Waals surface area contributed by atoms with E-state index in [4.69, 9.17) is 0 Å². The maximum Gasteiger partial charge on any atom is -0.0165 e. The summed E-state index contributed by atoms with van der Waals surface area (Å²) in [7, 11) is 0. The van der Waals surface area contributed by atoms with Gasteiger partial charge in [0.05, 0.1) is 0 Å². The second kappa shape index (κ2) is 0.896. The molecule has 0 bridgehead atoms. The van der Waals surface area contributed by atoms with Crippen molar-refractivity contribution in [1.29, 1.82) is 0 Å². The molecule has 0 nitrogen and oxygen atoms in total. The molecule has 0 N–H and O–H groups in total. The number of hydrogen-bond donors (Lipinski definition) is 0. The highest BCUT2D eigenvalue weighted by Gasteiger charge is 2.58. The van der Waals surface area contributed by atoms with Crippen LogP contribution in [0.4, 0.5) is 0 Å². The van der Waals surface area contributed by atoms with Crippen molar-refractivity contribution in [3.8, 4) is 0 Å². The van der Waals surface area contributed by atoms with Crippen molar-refractivity contribution >= 4 is 0 Å². The van der Waals surface area contributed by atoms with E-state index >= 15 is 0 Å². The van der Waals surface area contributed by atoms with Gasteiger partial charge in [-0.2, -0.15) is 0 Å². The van der Waals surface area contributed by atoms with Crippen LogP contribution in [-0.2, 0) is 0 Å². The zero-order valence-corrected chi connectivity index (χ0v) is 4.88. The van der Waals surface area contributed by atoms with E-state index in [0.29, 0.717) is 0 Å². The smallest absolute Gasteiger partial charge is 0.0165 e. The molecule has 0 heteroatoms. The fourth-order valence-electron chi connectivity index (χ4n) is 2.76. The summed E-state index contributed by atoms with van der Waals surface area (Å²) in [4.78, 5) is 0. The van der Waals surface area contributed by atoms with E-state index in [1.807, 2.05) is 0 Å². The fourth-order valence-corrected chi connectivity index (χ4v) is 2.76. The van der Waals surface area contributed by atoms with Crippen LogP contribution in [-0.4, -0.2) is 0 Å². The number of hydrogen-bond acceptors (Lipinski definition) is 0. The third-order valence-corrected chi connectivity index (χ3v) is 3.20. The molecule has 8 heavy (non-hydrogen) atoms. The Morgan fingerprint density at radius 2 is 2.12 bits per heavy atom. The Bertz CT molecular complexity index is 157. The number of rotatable bonds is 0. The zero-order chi connectivity index (χ0) is 5.14. The summed E-state index contributed by atoms with van der Waals surface area (Å²) in [6.07, 6.45) is 7.93. The molecular formula is C8H10. The molecule has 0 aromatic heterocycles. The van der Waals surface area contributed by atoms with Gasteiger partial charge in [-0.1, -0.05) is 12.2 Å². The van der Waals surface area contributed by atoms with Gasteiger partial charge < -0.3 is 0 Å². The molecular weight excluding hydrogens is 96.1 g/mol. The first kappa shape index (κ1) is 3.71. The largest absolute Gasteiger partial charge is 0.0848 e. The van der Waals surface area contributed by atoms with E-state index < -0.39 is 0 Å². The third kappa shape index (κ3) is 0.229. The standard InChI is InChI=1S/C8H10/c1-3-6-7-4-2-5(1)8(6)7/h1,3,5-8H,2,4H2. The lowest BCUT2D eigenvalue weighted by Gasteiger charge is -1.97. The SMILES string of the molecule is C1=CC2C3CCC1C23. The number of allylic oxidation sites excluding steroid dienone is 2. The molecule has 0 aliphatic heterocycles. The van der Waals surface area contributed by atoms with Crippen molar-refractivity contribution in [1.82, 2.24) is 0 Å². The van der Waals surface area contributed by atoms with Gasteiger partial charge >= 0.3 is 0 Å². The first-order valence-electron chi connectivity index (χ1n) is 3.65. The summed E-state index contributed by atoms with van der Waals surface area (Å²) in [6.45, 7) is 0. The predicted molar refractivity (Wildman–Crippen MR) is 32.3 cm³/mol. The summed E-state index contributed by atoms with van der Waals surface area (Å²) < 4.78 is 0. The van der Waals surface area contributed by atoms with Crippen molar-refractivity contribution in [2.24, 2.45) is 23.7 Å². The van der Waals surface area contributed by atoms with Crippen LogP contribution in [0.15, 0.2) is 12.2 Å². The van der Waals surface area contributed by atoms with Gasteiger partial charge in [-0.05, 0) is 36.5 Å². The third-order valence-electron chi connectivity index (χ3n) is 3.20. The molecule has 0 aromatic carbocycles. The van der Waals surface area contributed by atoms with Gasteiger partial charge in [0, 0.05) is 0 Å². The molecule has 2 fully saturated rings. The Balaban J connectivity index is 2.11. The quantitative estimate of drug-likeness (QED) is 0.413. The van der Waals surface area contributed by atoms with E-state index in [0.717, 1.165) is 23.7 Å². The molecule has 0 saturated heterocycles. The highest BCUT2D eigenvalue weighted by Crippen LogP contribution is 2.65. The highest BCUT2D eigenvalue weighted by atomic mass is 14.6. The van der Waals surface area contributed by atoms with Gasteiger partial charge in [-0.15, -0.1) is 0 Å². The summed E-state index contributed by atoms with van der Waals surface area (Å²) in [5.74, 6) is 4.40. The summed E-state index contributed by atoms with van der Waals surface area (Å²) in [5, 5.41) is 0. The van der Waals surface area contributed by atoms with Crippen LogP contribution in [0, 0.1) is 23.7 Å². The monoisotopic (exact) mass is 106 g/mol. The molecule has 2 saturated carbocycles. The predicted octanol–water partition coefficient (Wildman–Crippen LogP) is 1.83. The van der Waals surface area contributed by atoms with Crippen LogP contribution < -0.4 is 0 Å². The molecule has 3 rings (SSSR count).